The van der Waals surface area contributed by atoms with Crippen LogP contribution in [0.3, 0.4) is 0 Å². The van der Waals surface area contributed by atoms with Crippen LogP contribution < -0.4 is 5.73 Å². The van der Waals surface area contributed by atoms with E-state index in [0.29, 0.717) is 12.8 Å². The predicted octanol–water partition coefficient (Wildman–Crippen LogP) is 1.28. The summed E-state index contributed by atoms with van der Waals surface area (Å²) in [7, 11) is 0. The highest BCUT2D eigenvalue weighted by molar-refractivity contribution is 4.95. The van der Waals surface area contributed by atoms with Crippen LogP contribution in [0.15, 0.2) is 0 Å². The first kappa shape index (κ1) is 9.86. The van der Waals surface area contributed by atoms with Crippen LogP contribution in [0.5, 0.6) is 0 Å². The molecule has 0 heterocycles. The molecule has 12 heavy (non-hydrogen) atoms. The largest absolute Gasteiger partial charge is 0.384 e. The molecule has 1 rings (SSSR count). The molecule has 0 aliphatic heterocycles. The maximum absolute atomic E-state index is 13.0. The monoisotopic (exact) mass is 179 g/mol. The molecular formula is C8H15F2NO. The van der Waals surface area contributed by atoms with Gasteiger partial charge in [-0.05, 0) is 12.8 Å². The lowest BCUT2D eigenvalue weighted by Gasteiger charge is -2.38. The summed E-state index contributed by atoms with van der Waals surface area (Å²) < 4.78 is 26.1. The maximum Gasteiger partial charge on any atom is 0.288 e. The molecule has 0 amide bonds. The van der Waals surface area contributed by atoms with E-state index in [1.54, 1.807) is 0 Å². The molecule has 1 aliphatic carbocycles. The van der Waals surface area contributed by atoms with Crippen LogP contribution in [-0.4, -0.2) is 23.2 Å². The molecule has 0 aromatic carbocycles. The van der Waals surface area contributed by atoms with Gasteiger partial charge in [0.25, 0.3) is 5.92 Å². The molecule has 0 unspecified atom stereocenters. The number of rotatable bonds is 2. The molecule has 1 aliphatic rings. The summed E-state index contributed by atoms with van der Waals surface area (Å²) >= 11 is 0. The van der Waals surface area contributed by atoms with Gasteiger partial charge in [-0.15, -0.1) is 0 Å². The Bertz CT molecular complexity index is 155. The van der Waals surface area contributed by atoms with Gasteiger partial charge >= 0.3 is 0 Å². The van der Waals surface area contributed by atoms with E-state index in [1.165, 1.54) is 0 Å². The van der Waals surface area contributed by atoms with E-state index >= 15 is 0 Å². The van der Waals surface area contributed by atoms with E-state index in [-0.39, 0.29) is 12.8 Å². The van der Waals surface area contributed by atoms with Crippen molar-refractivity contribution < 1.29 is 13.9 Å². The summed E-state index contributed by atoms with van der Waals surface area (Å²) in [6.07, 6.45) is 2.63. The summed E-state index contributed by atoms with van der Waals surface area (Å²) in [6, 6.07) is 0. The Labute approximate surface area is 70.8 Å². The average Bonchev–Trinajstić information content (AvgIpc) is 2.06. The zero-order valence-corrected chi connectivity index (χ0v) is 7.02. The third-order valence-electron chi connectivity index (χ3n) is 2.62. The molecule has 2 nitrogen and oxygen atoms in total. The van der Waals surface area contributed by atoms with E-state index < -0.39 is 18.1 Å². The van der Waals surface area contributed by atoms with Crippen molar-refractivity contribution in [3.8, 4) is 0 Å². The fraction of sp³-hybridized carbons (Fsp3) is 1.00. The number of aliphatic hydroxyl groups is 1. The van der Waals surface area contributed by atoms with E-state index in [4.69, 9.17) is 5.73 Å². The molecule has 1 saturated carbocycles. The van der Waals surface area contributed by atoms with Gasteiger partial charge in [-0.25, -0.2) is 8.78 Å². The van der Waals surface area contributed by atoms with Crippen LogP contribution in [0, 0.1) is 0 Å². The van der Waals surface area contributed by atoms with Crippen LogP contribution in [0.1, 0.15) is 32.1 Å². The highest BCUT2D eigenvalue weighted by atomic mass is 19.3. The Morgan fingerprint density at radius 3 is 2.17 bits per heavy atom. The molecule has 0 atom stereocenters. The fourth-order valence-corrected chi connectivity index (χ4v) is 1.69. The standard InChI is InChI=1S/C8H15F2NO/c9-8(10,6-11)7(12)4-2-1-3-5-7/h12H,1-6,11H2. The van der Waals surface area contributed by atoms with Crippen LogP contribution in [-0.2, 0) is 0 Å². The summed E-state index contributed by atoms with van der Waals surface area (Å²) in [4.78, 5) is 0. The van der Waals surface area contributed by atoms with Crippen LogP contribution >= 0.6 is 0 Å². The molecule has 4 heteroatoms. The minimum absolute atomic E-state index is 0.178. The highest BCUT2D eigenvalue weighted by Gasteiger charge is 2.51. The predicted molar refractivity (Wildman–Crippen MR) is 42.0 cm³/mol. The fourth-order valence-electron chi connectivity index (χ4n) is 1.69. The molecular weight excluding hydrogens is 164 g/mol. The maximum atomic E-state index is 13.0. The second kappa shape index (κ2) is 3.26. The van der Waals surface area contributed by atoms with Gasteiger partial charge in [-0.3, -0.25) is 0 Å². The Balaban J connectivity index is 2.68. The molecule has 1 fully saturated rings. The van der Waals surface area contributed by atoms with E-state index in [2.05, 4.69) is 0 Å². The van der Waals surface area contributed by atoms with Crippen molar-refractivity contribution in [1.82, 2.24) is 0 Å². The SMILES string of the molecule is NCC(F)(F)C1(O)CCCCC1. The van der Waals surface area contributed by atoms with Crippen molar-refractivity contribution in [2.75, 3.05) is 6.54 Å². The minimum Gasteiger partial charge on any atom is -0.384 e. The summed E-state index contributed by atoms with van der Waals surface area (Å²) in [5.74, 6) is -3.12. The molecule has 3 N–H and O–H groups in total. The third-order valence-corrected chi connectivity index (χ3v) is 2.62. The Morgan fingerprint density at radius 2 is 1.75 bits per heavy atom. The van der Waals surface area contributed by atoms with Gasteiger partial charge in [0.2, 0.25) is 0 Å². The average molecular weight is 179 g/mol. The number of nitrogens with two attached hydrogens (primary N) is 1. The molecule has 72 valence electrons. The Hall–Kier alpha value is -0.220. The van der Waals surface area contributed by atoms with Crippen LogP contribution in [0.4, 0.5) is 8.78 Å². The first-order valence-electron chi connectivity index (χ1n) is 4.32. The molecule has 0 spiro atoms. The second-order valence-corrected chi connectivity index (χ2v) is 3.50. The number of hydrogen-bond acceptors (Lipinski definition) is 2. The van der Waals surface area contributed by atoms with Gasteiger partial charge in [0, 0.05) is 0 Å². The van der Waals surface area contributed by atoms with Gasteiger partial charge in [0.1, 0.15) is 5.60 Å². The van der Waals surface area contributed by atoms with Gasteiger partial charge in [0.05, 0.1) is 6.54 Å². The van der Waals surface area contributed by atoms with Gasteiger partial charge in [-0.1, -0.05) is 19.3 Å². The van der Waals surface area contributed by atoms with Crippen LogP contribution in [0.25, 0.3) is 0 Å². The third kappa shape index (κ3) is 1.59. The van der Waals surface area contributed by atoms with Crippen molar-refractivity contribution in [3.05, 3.63) is 0 Å². The quantitative estimate of drug-likeness (QED) is 0.670. The summed E-state index contributed by atoms with van der Waals surface area (Å²) in [6.45, 7) is -0.760. The zero-order chi connectivity index (χ0) is 9.24. The minimum atomic E-state index is -3.12. The Morgan fingerprint density at radius 1 is 1.25 bits per heavy atom. The van der Waals surface area contributed by atoms with E-state index in [1.807, 2.05) is 0 Å². The molecule has 0 bridgehead atoms. The first-order valence-corrected chi connectivity index (χ1v) is 4.32. The molecule has 0 saturated heterocycles. The number of alkyl halides is 2. The highest BCUT2D eigenvalue weighted by Crippen LogP contribution is 2.39. The van der Waals surface area contributed by atoms with Gasteiger partial charge in [0.15, 0.2) is 0 Å². The lowest BCUT2D eigenvalue weighted by Crippen LogP contribution is -2.53. The molecule has 0 radical (unpaired) electrons. The summed E-state index contributed by atoms with van der Waals surface area (Å²) in [5, 5.41) is 9.57. The smallest absolute Gasteiger partial charge is 0.288 e. The van der Waals surface area contributed by atoms with Gasteiger partial charge < -0.3 is 10.8 Å². The zero-order valence-electron chi connectivity index (χ0n) is 7.02. The lowest BCUT2D eigenvalue weighted by atomic mass is 9.80. The normalized spacial score (nSPS) is 24.0. The van der Waals surface area contributed by atoms with Crippen LogP contribution in [0.2, 0.25) is 0 Å². The summed E-state index contributed by atoms with van der Waals surface area (Å²) in [5.41, 5.74) is 3.08. The molecule has 0 aromatic heterocycles. The molecule has 0 aromatic rings. The number of hydrogen-bond donors (Lipinski definition) is 2. The Kier molecular flexibility index (Phi) is 2.68. The van der Waals surface area contributed by atoms with Gasteiger partial charge in [-0.2, -0.15) is 0 Å². The van der Waals surface area contributed by atoms with Crippen molar-refractivity contribution in [1.29, 1.82) is 0 Å². The van der Waals surface area contributed by atoms with Crippen molar-refractivity contribution in [2.24, 2.45) is 5.73 Å². The second-order valence-electron chi connectivity index (χ2n) is 3.50. The first-order chi connectivity index (χ1) is 5.52. The van der Waals surface area contributed by atoms with Crippen molar-refractivity contribution in [2.45, 2.75) is 43.6 Å². The van der Waals surface area contributed by atoms with E-state index in [0.717, 1.165) is 6.42 Å². The topological polar surface area (TPSA) is 46.2 Å². The van der Waals surface area contributed by atoms with Crippen molar-refractivity contribution in [3.63, 3.8) is 0 Å². The number of halogens is 2. The van der Waals surface area contributed by atoms with E-state index in [9.17, 15) is 13.9 Å². The lowest BCUT2D eigenvalue weighted by molar-refractivity contribution is -0.188. The van der Waals surface area contributed by atoms with Crippen molar-refractivity contribution >= 4 is 0 Å².